The minimum absolute atomic E-state index is 0.0932. The van der Waals surface area contributed by atoms with E-state index in [1.807, 2.05) is 0 Å². The lowest BCUT2D eigenvalue weighted by molar-refractivity contribution is -0.154. The van der Waals surface area contributed by atoms with Crippen molar-refractivity contribution in [3.05, 3.63) is 72.9 Å². The van der Waals surface area contributed by atoms with Crippen molar-refractivity contribution < 1.29 is 32.8 Å². The monoisotopic (exact) mass is 792 g/mol. The Labute approximate surface area is 337 Å². The van der Waals surface area contributed by atoms with E-state index in [-0.39, 0.29) is 38.8 Å². The highest BCUT2D eigenvalue weighted by Gasteiger charge is 2.25. The maximum absolute atomic E-state index is 12.6. The molecule has 0 amide bonds. The van der Waals surface area contributed by atoms with Crippen LogP contribution >= 0.6 is 7.82 Å². The maximum atomic E-state index is 12.6. The summed E-state index contributed by atoms with van der Waals surface area (Å²) in [5, 5.41) is 0. The highest BCUT2D eigenvalue weighted by atomic mass is 31.2. The Balaban J connectivity index is 4.09. The molecule has 0 aromatic rings. The van der Waals surface area contributed by atoms with Gasteiger partial charge >= 0.3 is 13.8 Å². The molecule has 55 heavy (non-hydrogen) atoms. The number of hydrogen-bond acceptors (Lipinski definition) is 7. The van der Waals surface area contributed by atoms with E-state index in [0.717, 1.165) is 83.5 Å². The maximum Gasteiger partial charge on any atom is 0.472 e. The minimum atomic E-state index is -4.29. The summed E-state index contributed by atoms with van der Waals surface area (Å²) < 4.78 is 33.4. The van der Waals surface area contributed by atoms with Gasteiger partial charge < -0.3 is 20.1 Å². The summed E-state index contributed by atoms with van der Waals surface area (Å²) in [5.41, 5.74) is 5.37. The van der Waals surface area contributed by atoms with Crippen LogP contribution in [-0.2, 0) is 27.9 Å². The van der Waals surface area contributed by atoms with Crippen molar-refractivity contribution in [2.75, 3.05) is 33.0 Å². The molecule has 8 nitrogen and oxygen atoms in total. The van der Waals surface area contributed by atoms with E-state index in [0.29, 0.717) is 6.61 Å². The highest BCUT2D eigenvalue weighted by Crippen LogP contribution is 2.43. The van der Waals surface area contributed by atoms with E-state index in [1.54, 1.807) is 0 Å². The van der Waals surface area contributed by atoms with Gasteiger partial charge in [0.05, 0.1) is 19.8 Å². The van der Waals surface area contributed by atoms with Crippen LogP contribution in [0.5, 0.6) is 0 Å². The number of nitrogens with two attached hydrogens (primary N) is 1. The Morgan fingerprint density at radius 2 is 1.02 bits per heavy atom. The van der Waals surface area contributed by atoms with Gasteiger partial charge in [0, 0.05) is 19.6 Å². The summed E-state index contributed by atoms with van der Waals surface area (Å²) in [6.45, 7) is 4.77. The van der Waals surface area contributed by atoms with Gasteiger partial charge in [0.1, 0.15) is 6.10 Å². The average molecular weight is 792 g/mol. The molecule has 0 radical (unpaired) electrons. The van der Waals surface area contributed by atoms with Crippen LogP contribution in [0.15, 0.2) is 72.9 Å². The van der Waals surface area contributed by atoms with Crippen LogP contribution in [0, 0.1) is 0 Å². The number of ether oxygens (including phenoxy) is 2. The minimum Gasteiger partial charge on any atom is -0.457 e. The Morgan fingerprint density at radius 1 is 0.564 bits per heavy atom. The van der Waals surface area contributed by atoms with Gasteiger partial charge in [-0.15, -0.1) is 0 Å². The average Bonchev–Trinajstić information content (AvgIpc) is 3.17. The van der Waals surface area contributed by atoms with Crippen LogP contribution in [0.25, 0.3) is 0 Å². The number of esters is 1. The fourth-order valence-electron chi connectivity index (χ4n) is 5.70. The smallest absolute Gasteiger partial charge is 0.457 e. The number of phosphoric acid groups is 1. The number of hydrogen-bond donors (Lipinski definition) is 2. The van der Waals surface area contributed by atoms with Gasteiger partial charge in [-0.2, -0.15) is 0 Å². The summed E-state index contributed by atoms with van der Waals surface area (Å²) in [6, 6.07) is 0. The van der Waals surface area contributed by atoms with Crippen LogP contribution in [-0.4, -0.2) is 49.9 Å². The van der Waals surface area contributed by atoms with Crippen molar-refractivity contribution in [1.82, 2.24) is 0 Å². The zero-order chi connectivity index (χ0) is 40.2. The van der Waals surface area contributed by atoms with E-state index in [1.165, 1.54) is 70.6 Å². The molecule has 0 aliphatic heterocycles. The molecular formula is C46H82NO7P. The second-order valence-electron chi connectivity index (χ2n) is 14.2. The second kappa shape index (κ2) is 43.1. The molecule has 0 aliphatic rings. The molecule has 9 heteroatoms. The van der Waals surface area contributed by atoms with Gasteiger partial charge in [-0.3, -0.25) is 13.8 Å². The molecule has 3 N–H and O–H groups in total. The number of rotatable bonds is 41. The molecule has 0 aromatic heterocycles. The molecule has 318 valence electrons. The van der Waals surface area contributed by atoms with Gasteiger partial charge in [-0.25, -0.2) is 4.57 Å². The molecule has 0 aliphatic carbocycles. The first-order valence-corrected chi connectivity index (χ1v) is 23.4. The van der Waals surface area contributed by atoms with Crippen molar-refractivity contribution in [3.63, 3.8) is 0 Å². The van der Waals surface area contributed by atoms with E-state index in [9.17, 15) is 14.3 Å². The predicted molar refractivity (Wildman–Crippen MR) is 233 cm³/mol. The molecule has 0 bridgehead atoms. The summed E-state index contributed by atoms with van der Waals surface area (Å²) in [4.78, 5) is 22.5. The Hall–Kier alpha value is -2.06. The molecule has 2 atom stereocenters. The van der Waals surface area contributed by atoms with Crippen molar-refractivity contribution in [3.8, 4) is 0 Å². The van der Waals surface area contributed by atoms with Crippen LogP contribution in [0.1, 0.15) is 174 Å². The first-order chi connectivity index (χ1) is 26.9. The van der Waals surface area contributed by atoms with Gasteiger partial charge in [0.25, 0.3) is 0 Å². The highest BCUT2D eigenvalue weighted by molar-refractivity contribution is 7.47. The second-order valence-corrected chi connectivity index (χ2v) is 15.6. The van der Waals surface area contributed by atoms with Crippen LogP contribution in [0.4, 0.5) is 0 Å². The Morgan fingerprint density at radius 3 is 1.53 bits per heavy atom. The van der Waals surface area contributed by atoms with E-state index < -0.39 is 13.9 Å². The summed E-state index contributed by atoms with van der Waals surface area (Å²) >= 11 is 0. The molecular weight excluding hydrogens is 709 g/mol. The summed E-state index contributed by atoms with van der Waals surface area (Å²) in [7, 11) is -4.29. The van der Waals surface area contributed by atoms with Gasteiger partial charge in [-0.05, 0) is 64.2 Å². The van der Waals surface area contributed by atoms with Crippen LogP contribution in [0.2, 0.25) is 0 Å². The third-order valence-corrected chi connectivity index (χ3v) is 9.87. The number of phosphoric ester groups is 1. The van der Waals surface area contributed by atoms with Gasteiger partial charge in [0.2, 0.25) is 0 Å². The summed E-state index contributed by atoms with van der Waals surface area (Å²) in [5.74, 6) is -0.356. The topological polar surface area (TPSA) is 117 Å². The molecule has 0 saturated heterocycles. The third-order valence-electron chi connectivity index (χ3n) is 8.89. The molecule has 0 saturated carbocycles. The van der Waals surface area contributed by atoms with E-state index in [2.05, 4.69) is 86.8 Å². The van der Waals surface area contributed by atoms with Crippen molar-refractivity contribution in [1.29, 1.82) is 0 Å². The Kier molecular flexibility index (Phi) is 41.5. The zero-order valence-corrected chi connectivity index (χ0v) is 36.0. The summed E-state index contributed by atoms with van der Waals surface area (Å²) in [6.07, 6.45) is 53.4. The fourth-order valence-corrected chi connectivity index (χ4v) is 6.47. The SMILES string of the molecule is CC/C=C\C/C=C\C/C=C\C/C=C\C/C=C\C/C=C\CCCCCCC(=O)OC(COCCCCCCCCCCCCCCC)COP(=O)(O)OCCN. The quantitative estimate of drug-likeness (QED) is 0.0272. The molecule has 2 unspecified atom stereocenters. The van der Waals surface area contributed by atoms with E-state index in [4.69, 9.17) is 24.3 Å². The number of allylic oxidation sites excluding steroid dienone is 12. The van der Waals surface area contributed by atoms with Gasteiger partial charge in [0.15, 0.2) is 0 Å². The van der Waals surface area contributed by atoms with Crippen molar-refractivity contribution >= 4 is 13.8 Å². The molecule has 0 rings (SSSR count). The zero-order valence-electron chi connectivity index (χ0n) is 35.1. The van der Waals surface area contributed by atoms with Crippen LogP contribution < -0.4 is 5.73 Å². The first-order valence-electron chi connectivity index (χ1n) is 21.9. The van der Waals surface area contributed by atoms with E-state index >= 15 is 0 Å². The van der Waals surface area contributed by atoms with Gasteiger partial charge in [-0.1, -0.05) is 177 Å². The largest absolute Gasteiger partial charge is 0.472 e. The van der Waals surface area contributed by atoms with Crippen molar-refractivity contribution in [2.24, 2.45) is 5.73 Å². The van der Waals surface area contributed by atoms with Crippen LogP contribution in [0.3, 0.4) is 0 Å². The number of carbonyl (C=O) groups is 1. The lowest BCUT2D eigenvalue weighted by Gasteiger charge is -2.20. The normalized spacial score (nSPS) is 14.2. The lowest BCUT2D eigenvalue weighted by atomic mass is 10.0. The first kappa shape index (κ1) is 52.9. The third kappa shape index (κ3) is 42.9. The standard InChI is InChI=1S/C46H82NO7P/c1-3-5-7-9-11-13-15-17-18-19-20-21-22-23-24-25-26-27-29-31-33-35-37-39-46(48)54-45(44-53-55(49,50)52-42-40-47)43-51-41-38-36-34-32-30-28-16-14-12-10-8-6-4-2/h5,7,11,13,17-18,20-21,23-24,26-27,45H,3-4,6,8-10,12,14-16,19,22,25,28-44,47H2,1-2H3,(H,49,50)/b7-5-,13-11-,18-17-,21-20-,24-23-,27-26-. The Bertz CT molecular complexity index is 1070. The van der Waals surface area contributed by atoms with Crippen molar-refractivity contribution in [2.45, 2.75) is 180 Å². The molecule has 0 aromatic carbocycles. The fraction of sp³-hybridized carbons (Fsp3) is 0.717. The lowest BCUT2D eigenvalue weighted by Crippen LogP contribution is -2.28. The molecule has 0 spiro atoms. The molecule has 0 fully saturated rings. The predicted octanol–water partition coefficient (Wildman–Crippen LogP) is 13.1. The number of carbonyl (C=O) groups excluding carboxylic acids is 1. The number of unbranched alkanes of at least 4 members (excludes halogenated alkanes) is 16. The molecule has 0 heterocycles.